The summed E-state index contributed by atoms with van der Waals surface area (Å²) in [4.78, 5) is 3.00. The predicted octanol–water partition coefficient (Wildman–Crippen LogP) is 2.43. The molecule has 0 radical (unpaired) electrons. The summed E-state index contributed by atoms with van der Waals surface area (Å²) in [5.74, 6) is 1.16. The molecular weight excluding hydrogens is 312 g/mol. The third-order valence-corrected chi connectivity index (χ3v) is 5.98. The van der Waals surface area contributed by atoms with Gasteiger partial charge in [0.1, 0.15) is 5.82 Å². The molecule has 2 aromatic rings. The average Bonchev–Trinajstić information content (AvgIpc) is 3.14. The molecule has 4 rings (SSSR count). The van der Waals surface area contributed by atoms with Crippen molar-refractivity contribution in [1.82, 2.24) is 14.3 Å². The second-order valence-electron chi connectivity index (χ2n) is 6.52. The van der Waals surface area contributed by atoms with Crippen molar-refractivity contribution in [2.45, 2.75) is 51.2 Å². The highest BCUT2D eigenvalue weighted by Gasteiger charge is 2.29. The van der Waals surface area contributed by atoms with Gasteiger partial charge in [-0.05, 0) is 55.8 Å². The van der Waals surface area contributed by atoms with Crippen LogP contribution in [-0.2, 0) is 13.1 Å². The van der Waals surface area contributed by atoms with E-state index in [1.165, 1.54) is 50.1 Å². The van der Waals surface area contributed by atoms with Crippen LogP contribution in [0.5, 0.6) is 0 Å². The van der Waals surface area contributed by atoms with Crippen LogP contribution in [-0.4, -0.2) is 27.4 Å². The number of thiophene rings is 1. The lowest BCUT2D eigenvalue weighted by Gasteiger charge is -2.22. The Morgan fingerprint density at radius 2 is 2.09 bits per heavy atom. The molecule has 0 spiro atoms. The number of likely N-dealkylation sites (tertiary alicyclic amines) is 1. The lowest BCUT2D eigenvalue weighted by molar-refractivity contribution is -0.928. The molecule has 6 heteroatoms. The summed E-state index contributed by atoms with van der Waals surface area (Å²) in [5, 5.41) is 7.04. The van der Waals surface area contributed by atoms with Crippen LogP contribution in [0.3, 0.4) is 0 Å². The van der Waals surface area contributed by atoms with Crippen molar-refractivity contribution in [3.05, 3.63) is 33.0 Å². The quantitative estimate of drug-likeness (QED) is 0.850. The topological polar surface area (TPSA) is 27.2 Å². The molecule has 0 aromatic carbocycles. The second kappa shape index (κ2) is 6.26. The maximum absolute atomic E-state index is 5.75. The van der Waals surface area contributed by atoms with Crippen molar-refractivity contribution in [1.29, 1.82) is 0 Å². The summed E-state index contributed by atoms with van der Waals surface area (Å²) in [7, 11) is 0. The van der Waals surface area contributed by atoms with E-state index in [0.717, 1.165) is 23.7 Å². The highest BCUT2D eigenvalue weighted by atomic mass is 32.1. The van der Waals surface area contributed by atoms with Gasteiger partial charge in [-0.3, -0.25) is 0 Å². The van der Waals surface area contributed by atoms with Gasteiger partial charge in [0.2, 0.25) is 4.77 Å². The highest BCUT2D eigenvalue weighted by molar-refractivity contribution is 7.71. The third-order valence-electron chi connectivity index (χ3n) is 4.70. The lowest BCUT2D eigenvalue weighted by atomic mass is 10.1. The van der Waals surface area contributed by atoms with Crippen molar-refractivity contribution in [3.63, 3.8) is 0 Å². The molecule has 2 fully saturated rings. The van der Waals surface area contributed by atoms with E-state index in [9.17, 15) is 0 Å². The number of aromatic nitrogens is 3. The van der Waals surface area contributed by atoms with Gasteiger partial charge in [-0.1, -0.05) is 6.07 Å². The van der Waals surface area contributed by atoms with E-state index < -0.39 is 0 Å². The minimum Gasteiger partial charge on any atom is -0.316 e. The Labute approximate surface area is 140 Å². The normalized spacial score (nSPS) is 19.6. The molecule has 2 aliphatic rings. The highest BCUT2D eigenvalue weighted by Crippen LogP contribution is 2.36. The fraction of sp³-hybridized carbons (Fsp3) is 0.625. The summed E-state index contributed by atoms with van der Waals surface area (Å²) in [5.41, 5.74) is 0. The Balaban J connectivity index is 1.60. The first-order chi connectivity index (χ1) is 10.8. The van der Waals surface area contributed by atoms with Crippen LogP contribution < -0.4 is 4.90 Å². The van der Waals surface area contributed by atoms with E-state index in [1.807, 2.05) is 11.3 Å². The van der Waals surface area contributed by atoms with E-state index in [4.69, 9.17) is 17.3 Å². The van der Waals surface area contributed by atoms with Crippen LogP contribution in [0.25, 0.3) is 0 Å². The molecule has 0 unspecified atom stereocenters. The van der Waals surface area contributed by atoms with Crippen LogP contribution in [0.1, 0.15) is 48.8 Å². The first-order valence-electron chi connectivity index (χ1n) is 8.35. The number of rotatable bonds is 5. The molecular formula is C16H23N4S2+. The van der Waals surface area contributed by atoms with Gasteiger partial charge in [-0.15, -0.1) is 11.3 Å². The monoisotopic (exact) mass is 335 g/mol. The van der Waals surface area contributed by atoms with Crippen molar-refractivity contribution >= 4 is 23.6 Å². The largest absolute Gasteiger partial charge is 0.316 e. The molecule has 0 bridgehead atoms. The van der Waals surface area contributed by atoms with E-state index in [-0.39, 0.29) is 0 Å². The Morgan fingerprint density at radius 3 is 2.77 bits per heavy atom. The molecule has 0 amide bonds. The van der Waals surface area contributed by atoms with Gasteiger partial charge in [0.15, 0.2) is 6.67 Å². The van der Waals surface area contributed by atoms with Gasteiger partial charge in [0.25, 0.3) is 0 Å². The standard InChI is InChI=1S/C16H22N4S2/c21-16-19(12-18-8-2-1-3-9-18)17-15(20(16)13-6-7-13)11-14-5-4-10-22-14/h4-5,10,13H,1-3,6-9,11-12H2/p+1. The smallest absolute Gasteiger partial charge is 0.203 e. The van der Waals surface area contributed by atoms with Gasteiger partial charge < -0.3 is 9.47 Å². The Hall–Kier alpha value is -0.980. The number of hydrogen-bond acceptors (Lipinski definition) is 3. The van der Waals surface area contributed by atoms with Gasteiger partial charge in [0.05, 0.1) is 13.1 Å². The zero-order valence-corrected chi connectivity index (χ0v) is 14.5. The zero-order chi connectivity index (χ0) is 14.9. The number of piperidine rings is 1. The Kier molecular flexibility index (Phi) is 4.15. The van der Waals surface area contributed by atoms with Crippen LogP contribution in [0.4, 0.5) is 0 Å². The maximum atomic E-state index is 5.75. The lowest BCUT2D eigenvalue weighted by Crippen LogP contribution is -3.12. The van der Waals surface area contributed by atoms with Gasteiger partial charge in [-0.25, -0.2) is 0 Å². The number of nitrogens with one attached hydrogen (secondary N) is 1. The number of nitrogens with zero attached hydrogens (tertiary/aromatic N) is 3. The molecule has 3 heterocycles. The molecule has 1 saturated carbocycles. The summed E-state index contributed by atoms with van der Waals surface area (Å²) in [6.07, 6.45) is 7.50. The minimum atomic E-state index is 0.604. The van der Waals surface area contributed by atoms with E-state index >= 15 is 0 Å². The summed E-state index contributed by atoms with van der Waals surface area (Å²) < 4.78 is 5.36. The van der Waals surface area contributed by atoms with E-state index in [2.05, 4.69) is 26.8 Å². The molecule has 0 atom stereocenters. The predicted molar refractivity (Wildman–Crippen MR) is 91.0 cm³/mol. The van der Waals surface area contributed by atoms with Gasteiger partial charge >= 0.3 is 0 Å². The van der Waals surface area contributed by atoms with E-state index in [1.54, 1.807) is 4.90 Å². The number of hydrogen-bond donors (Lipinski definition) is 1. The Morgan fingerprint density at radius 1 is 1.27 bits per heavy atom. The molecule has 1 aliphatic carbocycles. The van der Waals surface area contributed by atoms with Gasteiger partial charge in [-0.2, -0.15) is 9.78 Å². The molecule has 1 aliphatic heterocycles. The number of quaternary nitrogens is 1. The fourth-order valence-corrected chi connectivity index (χ4v) is 4.44. The molecule has 1 N–H and O–H groups in total. The fourth-order valence-electron chi connectivity index (χ4n) is 3.38. The average molecular weight is 336 g/mol. The molecule has 1 saturated heterocycles. The molecule has 118 valence electrons. The molecule has 2 aromatic heterocycles. The van der Waals surface area contributed by atoms with Crippen LogP contribution in [0.2, 0.25) is 0 Å². The van der Waals surface area contributed by atoms with Crippen LogP contribution in [0.15, 0.2) is 17.5 Å². The van der Waals surface area contributed by atoms with Crippen molar-refractivity contribution < 1.29 is 4.90 Å². The van der Waals surface area contributed by atoms with Gasteiger partial charge in [0, 0.05) is 17.3 Å². The zero-order valence-electron chi connectivity index (χ0n) is 12.8. The first kappa shape index (κ1) is 14.6. The third kappa shape index (κ3) is 3.05. The Bertz CT molecular complexity index is 676. The second-order valence-corrected chi connectivity index (χ2v) is 7.92. The summed E-state index contributed by atoms with van der Waals surface area (Å²) in [6.45, 7) is 3.46. The van der Waals surface area contributed by atoms with Crippen LogP contribution in [0, 0.1) is 4.77 Å². The summed E-state index contributed by atoms with van der Waals surface area (Å²) in [6, 6.07) is 4.91. The van der Waals surface area contributed by atoms with Crippen molar-refractivity contribution in [3.8, 4) is 0 Å². The van der Waals surface area contributed by atoms with Crippen LogP contribution >= 0.6 is 23.6 Å². The SMILES string of the molecule is S=c1n(C[NH+]2CCCCC2)nc(Cc2cccs2)n1C1CC1. The van der Waals surface area contributed by atoms with E-state index in [0.29, 0.717) is 6.04 Å². The summed E-state index contributed by atoms with van der Waals surface area (Å²) >= 11 is 7.55. The maximum Gasteiger partial charge on any atom is 0.203 e. The first-order valence-corrected chi connectivity index (χ1v) is 9.64. The van der Waals surface area contributed by atoms with Crippen molar-refractivity contribution in [2.24, 2.45) is 0 Å². The molecule has 4 nitrogen and oxygen atoms in total. The minimum absolute atomic E-state index is 0.604. The molecule has 22 heavy (non-hydrogen) atoms. The van der Waals surface area contributed by atoms with Crippen molar-refractivity contribution in [2.75, 3.05) is 13.1 Å².